The van der Waals surface area contributed by atoms with Crippen LogP contribution in [0.25, 0.3) is 0 Å². The van der Waals surface area contributed by atoms with Gasteiger partial charge in [0.15, 0.2) is 0 Å². The number of aryl methyl sites for hydroxylation is 2. The number of allylic oxidation sites excluding steroid dienone is 8. The number of amides is 1. The molecule has 14 nitrogen and oxygen atoms in total. The lowest BCUT2D eigenvalue weighted by Crippen LogP contribution is -2.58. The average molecular weight is 1150 g/mol. The maximum atomic E-state index is 13.3. The van der Waals surface area contributed by atoms with Gasteiger partial charge in [0.25, 0.3) is 0 Å². The molecule has 8 aliphatic rings. The van der Waals surface area contributed by atoms with Crippen molar-refractivity contribution in [1.82, 2.24) is 5.01 Å². The molecule has 0 saturated heterocycles. The van der Waals surface area contributed by atoms with Gasteiger partial charge in [0.05, 0.1) is 25.0 Å². The van der Waals surface area contributed by atoms with Crippen molar-refractivity contribution in [1.29, 1.82) is 0 Å². The van der Waals surface area contributed by atoms with E-state index in [0.29, 0.717) is 54.1 Å². The third-order valence-electron chi connectivity index (χ3n) is 23.1. The van der Waals surface area contributed by atoms with E-state index in [1.165, 1.54) is 28.8 Å². The van der Waals surface area contributed by atoms with Gasteiger partial charge in [-0.05, 0) is 167 Å². The van der Waals surface area contributed by atoms with Gasteiger partial charge in [-0.2, -0.15) is 5.10 Å². The van der Waals surface area contributed by atoms with Crippen LogP contribution in [0.15, 0.2) is 112 Å². The van der Waals surface area contributed by atoms with E-state index in [4.69, 9.17) is 25.6 Å². The Balaban J connectivity index is 0.000000194. The van der Waals surface area contributed by atoms with Gasteiger partial charge in [0.1, 0.15) is 30.4 Å². The molecule has 0 radical (unpaired) electrons. The molecule has 14 heteroatoms. The van der Waals surface area contributed by atoms with Gasteiger partial charge >= 0.3 is 5.97 Å². The standard InChI is InChI=1S/C34H46N2O4.C29H45N3O4.C7H9N/c1-7-29(38)34(6)22(3)18-27-26-13-10-23-19-25(14-16-32(23,4)31(26)28(37)20-33(27,34)5)36-40-17-15-30(39)35-24-11-8-21(2)9-12-24;1-8-24(30-32(6)7)29(5)18(2)15-22-21-10-9-19-16-20(31-36-14-12-25(34)35)11-13-27(19,3)26(21)23(33)17-28(22,29)4;1-6-2-4-7(8)5-3-6/h8-9,11-12,14,16,19,22,26-28,31,37H,7,10,13,15,17-18,20H2,1-6H3,(H,35,39);11,13,16,18,21-23,26,33H,8-10,12,14-15,17H2,1-7H3,(H,34,35);2-5H,8H2,1H3/b36-25+;30-24-,31-20+;/t22-,26+,27+,28+,31-,32+,33+,34-;18-,21+,22+,23+,26-,27+,28+,29-;/m11./s1. The molecule has 458 valence electrons. The molecule has 16 atom stereocenters. The SMILES string of the molecule is CC/C(=N/N(C)C)[C@@]1(C)[C@H](C)C[C@H]2[C@@H]3CCC4=C/C(=N/OCCC(=O)O)C=C[C@]4(C)[C@H]3[C@@H](O)C[C@@]21C.CCC(=O)[C@@]1(C)[C@H](C)C[C@H]2[C@@H]3CCC4=C/C(=N/OCCC(=O)Nc5ccc(C)cc5)C=C[C@]4(C)[C@H]3[C@@H](O)C[C@@]21C.Cc1ccc(N)cc1. The fourth-order valence-electron chi connectivity index (χ4n) is 18.2. The molecule has 2 aromatic rings. The summed E-state index contributed by atoms with van der Waals surface area (Å²) in [4.78, 5) is 47.0. The summed E-state index contributed by atoms with van der Waals surface area (Å²) in [7, 11) is 4.01. The van der Waals surface area contributed by atoms with Gasteiger partial charge in [-0.25, -0.2) is 0 Å². The molecule has 6 N–H and O–H groups in total. The zero-order valence-electron chi connectivity index (χ0n) is 53.0. The first-order valence-corrected chi connectivity index (χ1v) is 31.4. The highest BCUT2D eigenvalue weighted by molar-refractivity contribution is 6.06. The van der Waals surface area contributed by atoms with Gasteiger partial charge in [-0.1, -0.05) is 138 Å². The Morgan fingerprint density at radius 1 is 0.679 bits per heavy atom. The Labute approximate surface area is 501 Å². The minimum Gasteiger partial charge on any atom is -0.481 e. The summed E-state index contributed by atoms with van der Waals surface area (Å²) in [6.45, 7) is 27.0. The molecule has 0 spiro atoms. The van der Waals surface area contributed by atoms with Crippen molar-refractivity contribution in [2.45, 2.75) is 172 Å². The van der Waals surface area contributed by atoms with E-state index in [9.17, 15) is 24.6 Å². The highest BCUT2D eigenvalue weighted by atomic mass is 16.6. The number of hydrogen-bond acceptors (Lipinski definition) is 12. The number of benzene rings is 2. The number of fused-ring (bicyclic) bond motifs is 10. The number of nitrogens with two attached hydrogens (primary N) is 1. The number of nitrogens with zero attached hydrogens (tertiary/aromatic N) is 4. The van der Waals surface area contributed by atoms with Crippen molar-refractivity contribution in [2.75, 3.05) is 38.4 Å². The molecule has 0 heterocycles. The number of carboxylic acid groups (broad SMARTS) is 1. The summed E-state index contributed by atoms with van der Waals surface area (Å²) in [5, 5.41) is 50.7. The summed E-state index contributed by atoms with van der Waals surface area (Å²) in [6, 6.07) is 15.5. The fraction of sp³-hybridized carbons (Fsp3) is 0.629. The van der Waals surface area contributed by atoms with E-state index in [0.717, 1.165) is 73.3 Å². The number of carbonyl (C=O) groups is 3. The molecular formula is C70H100N6O8. The summed E-state index contributed by atoms with van der Waals surface area (Å²) < 4.78 is 0. The van der Waals surface area contributed by atoms with Crippen LogP contribution in [-0.2, 0) is 24.1 Å². The smallest absolute Gasteiger partial charge is 0.306 e. The van der Waals surface area contributed by atoms with Crippen LogP contribution in [0, 0.1) is 93.7 Å². The molecule has 6 saturated carbocycles. The van der Waals surface area contributed by atoms with Crippen LogP contribution in [0.5, 0.6) is 0 Å². The number of carbonyl (C=O) groups excluding carboxylic acids is 2. The van der Waals surface area contributed by atoms with Gasteiger partial charge in [0.2, 0.25) is 5.91 Å². The summed E-state index contributed by atoms with van der Waals surface area (Å²) in [6.07, 6.45) is 21.1. The predicted octanol–water partition coefficient (Wildman–Crippen LogP) is 13.3. The van der Waals surface area contributed by atoms with Gasteiger partial charge in [-0.3, -0.25) is 14.4 Å². The lowest BCUT2D eigenvalue weighted by molar-refractivity contribution is -0.155. The normalized spacial score (nSPS) is 37.9. The Hall–Kier alpha value is -5.86. The Kier molecular flexibility index (Phi) is 19.3. The van der Waals surface area contributed by atoms with Crippen molar-refractivity contribution >= 4 is 46.2 Å². The Morgan fingerprint density at radius 2 is 1.13 bits per heavy atom. The van der Waals surface area contributed by atoms with Crippen LogP contribution in [-0.4, -0.2) is 94.6 Å². The van der Waals surface area contributed by atoms with Crippen LogP contribution < -0.4 is 11.1 Å². The van der Waals surface area contributed by atoms with E-state index < -0.39 is 12.1 Å². The van der Waals surface area contributed by atoms with Gasteiger partial charge < -0.3 is 41.1 Å². The number of Topliss-reactive ketones (excluding diaryl/α,β-unsaturated/α-hetero) is 1. The van der Waals surface area contributed by atoms with Crippen molar-refractivity contribution in [3.8, 4) is 0 Å². The number of hydrogen-bond donors (Lipinski definition) is 5. The quantitative estimate of drug-likeness (QED) is 0.0523. The number of aliphatic hydroxyl groups excluding tert-OH is 2. The average Bonchev–Trinajstić information content (AvgIpc) is 1.46. The molecular weight excluding hydrogens is 1050 g/mol. The lowest BCUT2D eigenvalue weighted by atomic mass is 9.44. The zero-order chi connectivity index (χ0) is 61.3. The monoisotopic (exact) mass is 1150 g/mol. The van der Waals surface area contributed by atoms with E-state index in [1.807, 2.05) is 101 Å². The number of hydrazone groups is 1. The topological polar surface area (TPSA) is 209 Å². The predicted molar refractivity (Wildman–Crippen MR) is 337 cm³/mol. The maximum Gasteiger partial charge on any atom is 0.306 e. The number of nitrogen functional groups attached to an aromatic ring is 1. The molecule has 1 amide bonds. The molecule has 0 aromatic heterocycles. The van der Waals surface area contributed by atoms with Crippen LogP contribution in [0.2, 0.25) is 0 Å². The number of anilines is 2. The van der Waals surface area contributed by atoms with E-state index in [2.05, 4.69) is 102 Å². The molecule has 0 unspecified atom stereocenters. The number of carboxylic acids is 1. The van der Waals surface area contributed by atoms with Crippen LogP contribution in [0.4, 0.5) is 11.4 Å². The number of aliphatic carboxylic acids is 1. The number of ketones is 1. The molecule has 10 rings (SSSR count). The van der Waals surface area contributed by atoms with Gasteiger partial charge in [-0.15, -0.1) is 0 Å². The molecule has 6 fully saturated rings. The maximum absolute atomic E-state index is 13.3. The highest BCUT2D eigenvalue weighted by Crippen LogP contribution is 2.73. The van der Waals surface area contributed by atoms with E-state index in [1.54, 1.807) is 0 Å². The Morgan fingerprint density at radius 3 is 1.57 bits per heavy atom. The number of oxime groups is 2. The summed E-state index contributed by atoms with van der Waals surface area (Å²) in [5.74, 6) is 2.30. The second-order valence-electron chi connectivity index (χ2n) is 27.7. The molecule has 84 heavy (non-hydrogen) atoms. The molecule has 0 aliphatic heterocycles. The molecule has 0 bridgehead atoms. The second kappa shape index (κ2) is 25.2. The number of rotatable bonds is 14. The zero-order valence-corrected chi connectivity index (χ0v) is 53.0. The van der Waals surface area contributed by atoms with Crippen molar-refractivity contribution in [3.05, 3.63) is 107 Å². The van der Waals surface area contributed by atoms with Crippen LogP contribution >= 0.6 is 0 Å². The van der Waals surface area contributed by atoms with Crippen LogP contribution in [0.3, 0.4) is 0 Å². The number of aliphatic hydroxyl groups is 2. The highest BCUT2D eigenvalue weighted by Gasteiger charge is 2.70. The summed E-state index contributed by atoms with van der Waals surface area (Å²) >= 11 is 0. The third-order valence-corrected chi connectivity index (χ3v) is 23.1. The minimum absolute atomic E-state index is 0.00158. The molecule has 8 aliphatic carbocycles. The largest absolute Gasteiger partial charge is 0.481 e. The first-order chi connectivity index (χ1) is 39.6. The van der Waals surface area contributed by atoms with E-state index >= 15 is 0 Å². The van der Waals surface area contributed by atoms with Crippen molar-refractivity contribution in [3.63, 3.8) is 0 Å². The van der Waals surface area contributed by atoms with Gasteiger partial charge in [0, 0.05) is 71.1 Å². The fourth-order valence-corrected chi connectivity index (χ4v) is 18.2. The van der Waals surface area contributed by atoms with Crippen molar-refractivity contribution < 1.29 is 39.4 Å². The van der Waals surface area contributed by atoms with Crippen molar-refractivity contribution in [2.24, 2.45) is 95.2 Å². The first kappa shape index (κ1) is 64.1. The van der Waals surface area contributed by atoms with E-state index in [-0.39, 0.29) is 82.4 Å². The minimum atomic E-state index is -0.895. The van der Waals surface area contributed by atoms with Crippen LogP contribution in [0.1, 0.15) is 157 Å². The molecule has 2 aromatic carbocycles. The lowest BCUT2D eigenvalue weighted by Gasteiger charge is -2.60. The number of nitrogens with one attached hydrogen (secondary N) is 1. The summed E-state index contributed by atoms with van der Waals surface area (Å²) in [5.41, 5.74) is 13.7. The Bertz CT molecular complexity index is 2940. The third kappa shape index (κ3) is 11.9. The second-order valence-corrected chi connectivity index (χ2v) is 27.7. The first-order valence-electron chi connectivity index (χ1n) is 31.4.